The number of benzene rings is 1. The molecule has 22 heavy (non-hydrogen) atoms. The van der Waals surface area contributed by atoms with Gasteiger partial charge in [-0.3, -0.25) is 0 Å². The van der Waals surface area contributed by atoms with Crippen molar-refractivity contribution in [2.24, 2.45) is 0 Å². The summed E-state index contributed by atoms with van der Waals surface area (Å²) >= 11 is 1.21. The number of hydrogen-bond acceptors (Lipinski definition) is 5. The monoisotopic (exact) mass is 314 g/mol. The third-order valence-electron chi connectivity index (χ3n) is 3.57. The lowest BCUT2D eigenvalue weighted by Gasteiger charge is -2.29. The van der Waals surface area contributed by atoms with E-state index in [0.717, 1.165) is 29.2 Å². The van der Waals surface area contributed by atoms with Gasteiger partial charge in [0.15, 0.2) is 0 Å². The Morgan fingerprint density at radius 3 is 2.68 bits per heavy atom. The van der Waals surface area contributed by atoms with E-state index < -0.39 is 5.97 Å². The van der Waals surface area contributed by atoms with Crippen LogP contribution in [0.4, 0.5) is 5.69 Å². The number of hydrogen-bond donors (Lipinski definition) is 1. The summed E-state index contributed by atoms with van der Waals surface area (Å²) in [7, 11) is 0. The summed E-state index contributed by atoms with van der Waals surface area (Å²) in [6, 6.07) is 11.3. The van der Waals surface area contributed by atoms with Gasteiger partial charge >= 0.3 is 5.97 Å². The van der Waals surface area contributed by atoms with Crippen LogP contribution in [0.2, 0.25) is 0 Å². The van der Waals surface area contributed by atoms with E-state index in [9.17, 15) is 10.1 Å². The molecule has 2 heterocycles. The molecule has 0 bridgehead atoms. The Morgan fingerprint density at radius 1 is 1.27 bits per heavy atom. The van der Waals surface area contributed by atoms with Crippen molar-refractivity contribution in [1.82, 2.24) is 0 Å². The molecule has 2 aromatic rings. The van der Waals surface area contributed by atoms with Crippen molar-refractivity contribution in [3.05, 3.63) is 40.8 Å². The topological polar surface area (TPSA) is 73.6 Å². The molecule has 112 valence electrons. The smallest absolute Gasteiger partial charge is 0.345 e. The number of nitriles is 1. The minimum absolute atomic E-state index is 0.297. The van der Waals surface area contributed by atoms with Crippen LogP contribution < -0.4 is 4.90 Å². The Kier molecular flexibility index (Phi) is 4.09. The van der Waals surface area contributed by atoms with Crippen molar-refractivity contribution in [3.63, 3.8) is 0 Å². The Bertz CT molecular complexity index is 742. The van der Waals surface area contributed by atoms with E-state index in [1.807, 2.05) is 18.2 Å². The molecule has 6 heteroatoms. The van der Waals surface area contributed by atoms with Crippen molar-refractivity contribution in [1.29, 1.82) is 5.26 Å². The maximum atomic E-state index is 11.0. The zero-order valence-corrected chi connectivity index (χ0v) is 12.6. The second kappa shape index (κ2) is 6.18. The lowest BCUT2D eigenvalue weighted by Crippen LogP contribution is -2.36. The molecule has 0 spiro atoms. The molecule has 0 atom stereocenters. The largest absolute Gasteiger partial charge is 0.477 e. The molecular formula is C16H14N2O3S. The molecule has 1 aromatic carbocycles. The predicted octanol–water partition coefficient (Wildman–Crippen LogP) is 2.82. The Morgan fingerprint density at radius 2 is 2.05 bits per heavy atom. The summed E-state index contributed by atoms with van der Waals surface area (Å²) in [6.07, 6.45) is 0. The molecule has 0 amide bonds. The fourth-order valence-corrected chi connectivity index (χ4v) is 3.31. The van der Waals surface area contributed by atoms with Crippen LogP contribution in [0, 0.1) is 11.3 Å². The average molecular weight is 314 g/mol. The minimum atomic E-state index is -0.929. The number of ether oxygens (including phenoxy) is 1. The standard InChI is InChI=1S/C16H14N2O3S/c17-10-12-9-11(14-3-4-15(22-14)16(19)20)1-2-13(12)18-5-7-21-8-6-18/h1-4,9H,5-8H2,(H,19,20). The molecule has 0 radical (unpaired) electrons. The maximum Gasteiger partial charge on any atom is 0.345 e. The lowest BCUT2D eigenvalue weighted by atomic mass is 10.1. The molecular weight excluding hydrogens is 300 g/mol. The maximum absolute atomic E-state index is 11.0. The van der Waals surface area contributed by atoms with Gasteiger partial charge in [-0.1, -0.05) is 6.07 Å². The molecule has 1 N–H and O–H groups in total. The molecule has 1 aromatic heterocycles. The Balaban J connectivity index is 1.94. The quantitative estimate of drug-likeness (QED) is 0.943. The minimum Gasteiger partial charge on any atom is -0.477 e. The highest BCUT2D eigenvalue weighted by Crippen LogP contribution is 2.32. The number of thiophene rings is 1. The molecule has 1 aliphatic heterocycles. The second-order valence-electron chi connectivity index (χ2n) is 4.91. The summed E-state index contributed by atoms with van der Waals surface area (Å²) in [5, 5.41) is 18.4. The first-order valence-electron chi connectivity index (χ1n) is 6.89. The van der Waals surface area contributed by atoms with E-state index in [2.05, 4.69) is 11.0 Å². The van der Waals surface area contributed by atoms with Gasteiger partial charge in [-0.15, -0.1) is 11.3 Å². The van der Waals surface area contributed by atoms with Gasteiger partial charge in [0.25, 0.3) is 0 Å². The number of morpholine rings is 1. The van der Waals surface area contributed by atoms with Crippen LogP contribution in [-0.4, -0.2) is 37.4 Å². The van der Waals surface area contributed by atoms with Crippen molar-refractivity contribution in [2.45, 2.75) is 0 Å². The molecule has 0 aliphatic carbocycles. The van der Waals surface area contributed by atoms with E-state index in [0.29, 0.717) is 23.7 Å². The third kappa shape index (κ3) is 2.82. The fourth-order valence-electron chi connectivity index (χ4n) is 2.47. The van der Waals surface area contributed by atoms with Crippen LogP contribution in [0.1, 0.15) is 15.2 Å². The SMILES string of the molecule is N#Cc1cc(-c2ccc(C(=O)O)s2)ccc1N1CCOCC1. The van der Waals surface area contributed by atoms with Crippen molar-refractivity contribution in [2.75, 3.05) is 31.2 Å². The third-order valence-corrected chi connectivity index (χ3v) is 4.69. The lowest BCUT2D eigenvalue weighted by molar-refractivity contribution is 0.0702. The van der Waals surface area contributed by atoms with Crippen LogP contribution in [0.15, 0.2) is 30.3 Å². The Labute approximate surface area is 132 Å². The van der Waals surface area contributed by atoms with Gasteiger partial charge in [0, 0.05) is 18.0 Å². The van der Waals surface area contributed by atoms with E-state index in [-0.39, 0.29) is 0 Å². The highest BCUT2D eigenvalue weighted by molar-refractivity contribution is 7.17. The number of carboxylic acids is 1. The van der Waals surface area contributed by atoms with E-state index >= 15 is 0 Å². The number of aromatic carboxylic acids is 1. The fraction of sp³-hybridized carbons (Fsp3) is 0.250. The van der Waals surface area contributed by atoms with Gasteiger partial charge in [0.1, 0.15) is 10.9 Å². The molecule has 1 saturated heterocycles. The first-order valence-corrected chi connectivity index (χ1v) is 7.71. The molecule has 3 rings (SSSR count). The van der Waals surface area contributed by atoms with E-state index in [1.54, 1.807) is 12.1 Å². The number of anilines is 1. The highest BCUT2D eigenvalue weighted by atomic mass is 32.1. The number of nitrogens with zero attached hydrogens (tertiary/aromatic N) is 2. The van der Waals surface area contributed by atoms with Gasteiger partial charge in [-0.2, -0.15) is 5.26 Å². The summed E-state index contributed by atoms with van der Waals surface area (Å²) in [4.78, 5) is 14.3. The van der Waals surface area contributed by atoms with Gasteiger partial charge in [-0.25, -0.2) is 4.79 Å². The Hall–Kier alpha value is -2.36. The predicted molar refractivity (Wildman–Crippen MR) is 84.5 cm³/mol. The van der Waals surface area contributed by atoms with Crippen LogP contribution in [-0.2, 0) is 4.74 Å². The number of carboxylic acid groups (broad SMARTS) is 1. The first-order chi connectivity index (χ1) is 10.7. The highest BCUT2D eigenvalue weighted by Gasteiger charge is 2.16. The second-order valence-corrected chi connectivity index (χ2v) is 6.00. The van der Waals surface area contributed by atoms with Gasteiger partial charge in [0.05, 0.1) is 24.5 Å². The van der Waals surface area contributed by atoms with Gasteiger partial charge < -0.3 is 14.7 Å². The summed E-state index contributed by atoms with van der Waals surface area (Å²) in [5.41, 5.74) is 2.38. The zero-order valence-electron chi connectivity index (χ0n) is 11.8. The van der Waals surface area contributed by atoms with Gasteiger partial charge in [0.2, 0.25) is 0 Å². The average Bonchev–Trinajstić information content (AvgIpc) is 3.05. The van der Waals surface area contributed by atoms with Crippen LogP contribution in [0.25, 0.3) is 10.4 Å². The van der Waals surface area contributed by atoms with Crippen LogP contribution in [0.5, 0.6) is 0 Å². The molecule has 1 fully saturated rings. The van der Waals surface area contributed by atoms with Crippen LogP contribution in [0.3, 0.4) is 0 Å². The van der Waals surface area contributed by atoms with Crippen LogP contribution >= 0.6 is 11.3 Å². The van der Waals surface area contributed by atoms with Gasteiger partial charge in [-0.05, 0) is 29.8 Å². The summed E-state index contributed by atoms with van der Waals surface area (Å²) < 4.78 is 5.33. The normalized spacial score (nSPS) is 14.6. The van der Waals surface area contributed by atoms with E-state index in [4.69, 9.17) is 9.84 Å². The van der Waals surface area contributed by atoms with Crippen molar-refractivity contribution >= 4 is 23.0 Å². The summed E-state index contributed by atoms with van der Waals surface area (Å²) in [5.74, 6) is -0.929. The molecule has 0 saturated carbocycles. The molecule has 5 nitrogen and oxygen atoms in total. The first kappa shape index (κ1) is 14.6. The summed E-state index contributed by atoms with van der Waals surface area (Å²) in [6.45, 7) is 2.88. The molecule has 0 unspecified atom stereocenters. The zero-order chi connectivity index (χ0) is 15.5. The molecule has 1 aliphatic rings. The van der Waals surface area contributed by atoms with Crippen molar-refractivity contribution in [3.8, 4) is 16.5 Å². The van der Waals surface area contributed by atoms with Crippen molar-refractivity contribution < 1.29 is 14.6 Å². The van der Waals surface area contributed by atoms with E-state index in [1.165, 1.54) is 11.3 Å². The number of carbonyl (C=O) groups is 1. The number of rotatable bonds is 3.